The third kappa shape index (κ3) is 2.25. The lowest BCUT2D eigenvalue weighted by Gasteiger charge is -2.10. The minimum atomic E-state index is 0. The van der Waals surface area contributed by atoms with Crippen LogP contribution in [0.4, 0.5) is 0 Å². The summed E-state index contributed by atoms with van der Waals surface area (Å²) < 4.78 is 0. The molecule has 3 rings (SSSR count). The number of hydrogen-bond acceptors (Lipinski definition) is 2. The highest BCUT2D eigenvalue weighted by atomic mass is 35.5. The lowest BCUT2D eigenvalue weighted by Crippen LogP contribution is -2.32. The number of nitrogens with one attached hydrogen (secondary N) is 2. The van der Waals surface area contributed by atoms with Gasteiger partial charge in [-0.05, 0) is 37.3 Å². The van der Waals surface area contributed by atoms with E-state index in [4.69, 9.17) is 0 Å². The van der Waals surface area contributed by atoms with E-state index in [1.54, 1.807) is 0 Å². The van der Waals surface area contributed by atoms with Gasteiger partial charge in [0.25, 0.3) is 5.91 Å². The van der Waals surface area contributed by atoms with Gasteiger partial charge in [0.15, 0.2) is 0 Å². The molecule has 2 N–H and O–H groups in total. The van der Waals surface area contributed by atoms with Gasteiger partial charge in [0.1, 0.15) is 0 Å². The predicted octanol–water partition coefficient (Wildman–Crippen LogP) is 1.67. The van der Waals surface area contributed by atoms with Crippen LogP contribution in [0.3, 0.4) is 0 Å². The van der Waals surface area contributed by atoms with Crippen LogP contribution in [0.25, 0.3) is 0 Å². The van der Waals surface area contributed by atoms with E-state index in [2.05, 4.69) is 10.6 Å². The molecule has 0 spiro atoms. The van der Waals surface area contributed by atoms with Gasteiger partial charge >= 0.3 is 0 Å². The molecule has 1 heterocycles. The Morgan fingerprint density at radius 1 is 1.28 bits per heavy atom. The van der Waals surface area contributed by atoms with E-state index in [0.717, 1.165) is 29.8 Å². The van der Waals surface area contributed by atoms with Gasteiger partial charge < -0.3 is 10.6 Å². The van der Waals surface area contributed by atoms with Crippen molar-refractivity contribution in [1.29, 1.82) is 0 Å². The van der Waals surface area contributed by atoms with E-state index in [-0.39, 0.29) is 18.3 Å². The van der Waals surface area contributed by atoms with Crippen molar-refractivity contribution in [3.63, 3.8) is 0 Å². The van der Waals surface area contributed by atoms with E-state index < -0.39 is 0 Å². The number of hydrogen-bond donors (Lipinski definition) is 2. The standard InChI is InChI=1S/C14H18N2O.ClH/c1-8-3-4-9(2)10(5-8)14(17)16-13-11-6-15-7-12(11)13;/h3-5,11-13,15H,6-7H2,1-2H3,(H,16,17);1H. The maximum Gasteiger partial charge on any atom is 0.251 e. The number of rotatable bonds is 2. The first-order valence-electron chi connectivity index (χ1n) is 6.25. The number of carbonyl (C=O) groups excluding carboxylic acids is 1. The van der Waals surface area contributed by atoms with Crippen molar-refractivity contribution in [3.05, 3.63) is 34.9 Å². The first-order chi connectivity index (χ1) is 8.16. The van der Waals surface area contributed by atoms with Crippen molar-refractivity contribution in [2.24, 2.45) is 11.8 Å². The molecule has 2 aliphatic rings. The molecule has 98 valence electrons. The summed E-state index contributed by atoms with van der Waals surface area (Å²) in [6.45, 7) is 6.13. The van der Waals surface area contributed by atoms with Crippen LogP contribution in [0.2, 0.25) is 0 Å². The molecular formula is C14H19ClN2O. The zero-order valence-electron chi connectivity index (χ0n) is 10.7. The third-order valence-electron chi connectivity index (χ3n) is 4.03. The molecule has 1 aromatic carbocycles. The Kier molecular flexibility index (Phi) is 3.64. The first-order valence-corrected chi connectivity index (χ1v) is 6.25. The van der Waals surface area contributed by atoms with Crippen molar-refractivity contribution < 1.29 is 4.79 Å². The maximum absolute atomic E-state index is 12.2. The second-order valence-corrected chi connectivity index (χ2v) is 5.30. The lowest BCUT2D eigenvalue weighted by molar-refractivity contribution is 0.0946. The Morgan fingerprint density at radius 3 is 2.61 bits per heavy atom. The fourth-order valence-corrected chi connectivity index (χ4v) is 2.84. The number of carbonyl (C=O) groups is 1. The second kappa shape index (κ2) is 4.90. The molecule has 2 atom stereocenters. The van der Waals surface area contributed by atoms with Crippen molar-refractivity contribution in [3.8, 4) is 0 Å². The molecule has 1 aliphatic carbocycles. The summed E-state index contributed by atoms with van der Waals surface area (Å²) in [7, 11) is 0. The minimum absolute atomic E-state index is 0. The Morgan fingerprint density at radius 2 is 1.94 bits per heavy atom. The fourth-order valence-electron chi connectivity index (χ4n) is 2.84. The highest BCUT2D eigenvalue weighted by Gasteiger charge is 2.53. The summed E-state index contributed by atoms with van der Waals surface area (Å²) in [5.74, 6) is 1.43. The number of benzene rings is 1. The van der Waals surface area contributed by atoms with Crippen LogP contribution in [0.1, 0.15) is 21.5 Å². The van der Waals surface area contributed by atoms with E-state index in [1.165, 1.54) is 0 Å². The maximum atomic E-state index is 12.2. The molecule has 1 saturated heterocycles. The molecule has 1 saturated carbocycles. The molecule has 1 amide bonds. The van der Waals surface area contributed by atoms with Gasteiger partial charge in [-0.15, -0.1) is 12.4 Å². The molecule has 1 aliphatic heterocycles. The zero-order chi connectivity index (χ0) is 12.0. The van der Waals surface area contributed by atoms with Crippen LogP contribution >= 0.6 is 12.4 Å². The van der Waals surface area contributed by atoms with E-state index in [0.29, 0.717) is 17.9 Å². The summed E-state index contributed by atoms with van der Waals surface area (Å²) >= 11 is 0. The van der Waals surface area contributed by atoms with Crippen LogP contribution in [-0.4, -0.2) is 25.0 Å². The average molecular weight is 267 g/mol. The van der Waals surface area contributed by atoms with E-state index >= 15 is 0 Å². The third-order valence-corrected chi connectivity index (χ3v) is 4.03. The van der Waals surface area contributed by atoms with Gasteiger partial charge in [-0.2, -0.15) is 0 Å². The topological polar surface area (TPSA) is 41.1 Å². The van der Waals surface area contributed by atoms with Gasteiger partial charge in [-0.25, -0.2) is 0 Å². The van der Waals surface area contributed by atoms with Gasteiger partial charge in [0.2, 0.25) is 0 Å². The first kappa shape index (κ1) is 13.4. The molecule has 2 fully saturated rings. The molecule has 0 aromatic heterocycles. The summed E-state index contributed by atoms with van der Waals surface area (Å²) in [5.41, 5.74) is 3.01. The molecule has 2 unspecified atom stereocenters. The summed E-state index contributed by atoms with van der Waals surface area (Å²) in [6, 6.07) is 6.44. The van der Waals surface area contributed by atoms with Gasteiger partial charge in [-0.1, -0.05) is 17.7 Å². The lowest BCUT2D eigenvalue weighted by atomic mass is 10.1. The number of halogens is 1. The van der Waals surface area contributed by atoms with Crippen LogP contribution in [0.5, 0.6) is 0 Å². The highest BCUT2D eigenvalue weighted by molar-refractivity contribution is 5.96. The highest BCUT2D eigenvalue weighted by Crippen LogP contribution is 2.41. The van der Waals surface area contributed by atoms with E-state index in [9.17, 15) is 4.79 Å². The van der Waals surface area contributed by atoms with E-state index in [1.807, 2.05) is 32.0 Å². The monoisotopic (exact) mass is 266 g/mol. The molecule has 0 radical (unpaired) electrons. The molecular weight excluding hydrogens is 248 g/mol. The largest absolute Gasteiger partial charge is 0.349 e. The smallest absolute Gasteiger partial charge is 0.251 e. The van der Waals surface area contributed by atoms with Crippen LogP contribution in [0.15, 0.2) is 18.2 Å². The summed E-state index contributed by atoms with van der Waals surface area (Å²) in [4.78, 5) is 12.2. The quantitative estimate of drug-likeness (QED) is 0.855. The van der Waals surface area contributed by atoms with Crippen molar-refractivity contribution >= 4 is 18.3 Å². The number of fused-ring (bicyclic) bond motifs is 1. The zero-order valence-corrected chi connectivity index (χ0v) is 11.5. The number of aryl methyl sites for hydroxylation is 2. The Hall–Kier alpha value is -1.06. The van der Waals surface area contributed by atoms with Crippen molar-refractivity contribution in [1.82, 2.24) is 10.6 Å². The minimum Gasteiger partial charge on any atom is -0.349 e. The van der Waals surface area contributed by atoms with Crippen LogP contribution in [0, 0.1) is 25.7 Å². The van der Waals surface area contributed by atoms with Gasteiger partial charge in [0.05, 0.1) is 0 Å². The molecule has 18 heavy (non-hydrogen) atoms. The summed E-state index contributed by atoms with van der Waals surface area (Å²) in [6.07, 6.45) is 0. The van der Waals surface area contributed by atoms with Crippen LogP contribution in [-0.2, 0) is 0 Å². The Bertz CT molecular complexity index is 465. The normalized spacial score (nSPS) is 28.2. The predicted molar refractivity (Wildman–Crippen MR) is 74.3 cm³/mol. The van der Waals surface area contributed by atoms with Gasteiger partial charge in [-0.3, -0.25) is 4.79 Å². The average Bonchev–Trinajstić information content (AvgIpc) is 2.76. The second-order valence-electron chi connectivity index (χ2n) is 5.30. The van der Waals surface area contributed by atoms with Crippen molar-refractivity contribution in [2.45, 2.75) is 19.9 Å². The Balaban J connectivity index is 0.00000120. The van der Waals surface area contributed by atoms with Crippen molar-refractivity contribution in [2.75, 3.05) is 13.1 Å². The molecule has 1 aromatic rings. The number of amides is 1. The van der Waals surface area contributed by atoms with Gasteiger partial charge in [0, 0.05) is 24.7 Å². The summed E-state index contributed by atoms with van der Waals surface area (Å²) in [5, 5.41) is 6.50. The molecule has 4 heteroatoms. The Labute approximate surface area is 114 Å². The van der Waals surface area contributed by atoms with Crippen LogP contribution < -0.4 is 10.6 Å². The molecule has 3 nitrogen and oxygen atoms in total. The SMILES string of the molecule is Cc1ccc(C)c(C(=O)NC2C3CNCC32)c1.Cl. The molecule has 0 bridgehead atoms. The fraction of sp³-hybridized carbons (Fsp3) is 0.500. The number of piperidine rings is 1.